The van der Waals surface area contributed by atoms with Crippen LogP contribution < -0.4 is 0 Å². The van der Waals surface area contributed by atoms with Crippen LogP contribution in [0.3, 0.4) is 0 Å². The van der Waals surface area contributed by atoms with E-state index in [1.807, 2.05) is 0 Å². The van der Waals surface area contributed by atoms with Crippen molar-refractivity contribution < 1.29 is 0 Å². The van der Waals surface area contributed by atoms with E-state index in [-0.39, 0.29) is 0 Å². The maximum atomic E-state index is 3.92. The third-order valence-electron chi connectivity index (χ3n) is 6.14. The molecule has 0 spiro atoms. The summed E-state index contributed by atoms with van der Waals surface area (Å²) in [5.74, 6) is 0.952. The van der Waals surface area contributed by atoms with Crippen LogP contribution in [0, 0.1) is 19.8 Å². The van der Waals surface area contributed by atoms with E-state index in [2.05, 4.69) is 20.8 Å². The Labute approximate surface area is 174 Å². The fourth-order valence-corrected chi connectivity index (χ4v) is 4.14. The normalized spacial score (nSPS) is 12.6. The summed E-state index contributed by atoms with van der Waals surface area (Å²) in [6.45, 7) is 10.3. The molecule has 0 bridgehead atoms. The summed E-state index contributed by atoms with van der Waals surface area (Å²) in [6, 6.07) is 0. The molecule has 0 N–H and O–H groups in total. The van der Waals surface area contributed by atoms with Crippen LogP contribution >= 0.6 is 0 Å². The van der Waals surface area contributed by atoms with Gasteiger partial charge >= 0.3 is 0 Å². The van der Waals surface area contributed by atoms with Gasteiger partial charge in [0.05, 0.1) is 0 Å². The predicted octanol–water partition coefficient (Wildman–Crippen LogP) is 10.3. The molecule has 27 heavy (non-hydrogen) atoms. The van der Waals surface area contributed by atoms with Crippen LogP contribution in [0.5, 0.6) is 0 Å². The predicted molar refractivity (Wildman–Crippen MR) is 126 cm³/mol. The lowest BCUT2D eigenvalue weighted by Crippen LogP contribution is -1.95. The molecule has 1 unspecified atom stereocenters. The third kappa shape index (κ3) is 24.0. The molecule has 0 amide bonds. The third-order valence-corrected chi connectivity index (χ3v) is 6.14. The van der Waals surface area contributed by atoms with Gasteiger partial charge in [-0.2, -0.15) is 0 Å². The van der Waals surface area contributed by atoms with Crippen molar-refractivity contribution in [3.05, 3.63) is 13.8 Å². The zero-order valence-electron chi connectivity index (χ0n) is 19.3. The minimum Gasteiger partial charge on any atom is -0.0625 e. The Morgan fingerprint density at radius 3 is 0.852 bits per heavy atom. The summed E-state index contributed by atoms with van der Waals surface area (Å²) in [7, 11) is 0. The smallest absolute Gasteiger partial charge is 0.0443 e. The van der Waals surface area contributed by atoms with Gasteiger partial charge in [0.15, 0.2) is 0 Å². The summed E-state index contributed by atoms with van der Waals surface area (Å²) in [5.41, 5.74) is 0. The average molecular weight is 379 g/mol. The molecule has 0 saturated carbocycles. The Kier molecular flexibility index (Phi) is 24.0. The van der Waals surface area contributed by atoms with Gasteiger partial charge in [0.2, 0.25) is 0 Å². The summed E-state index contributed by atoms with van der Waals surface area (Å²) in [6.07, 6.45) is 32.6. The molecule has 0 aliphatic heterocycles. The van der Waals surface area contributed by atoms with Gasteiger partial charge < -0.3 is 0 Å². The highest BCUT2D eigenvalue weighted by atomic mass is 14.1. The standard InChI is InChI=1S/C27H54/c1-4-6-8-10-11-12-13-14-15-16-17-18-19-20-22-24-26-27(3)25-23-21-9-7-5-2/h27H,1-2,4-26H2,3H3. The van der Waals surface area contributed by atoms with E-state index in [9.17, 15) is 0 Å². The van der Waals surface area contributed by atoms with Crippen molar-refractivity contribution in [3.63, 3.8) is 0 Å². The average Bonchev–Trinajstić information content (AvgIpc) is 2.67. The van der Waals surface area contributed by atoms with Crippen molar-refractivity contribution in [1.29, 1.82) is 0 Å². The minimum atomic E-state index is 0.952. The molecule has 0 nitrogen and oxygen atoms in total. The first-order valence-electron chi connectivity index (χ1n) is 12.9. The molecule has 0 saturated heterocycles. The molecular formula is C27H54. The fraction of sp³-hybridized carbons (Fsp3) is 0.926. The molecule has 0 aliphatic carbocycles. The van der Waals surface area contributed by atoms with Gasteiger partial charge in [0.25, 0.3) is 0 Å². The zero-order chi connectivity index (χ0) is 19.8. The van der Waals surface area contributed by atoms with Crippen molar-refractivity contribution in [2.24, 2.45) is 5.92 Å². The largest absolute Gasteiger partial charge is 0.0625 e. The highest BCUT2D eigenvalue weighted by Gasteiger charge is 2.02. The summed E-state index contributed by atoms with van der Waals surface area (Å²) < 4.78 is 0. The molecule has 2 radical (unpaired) electrons. The molecule has 0 aliphatic rings. The van der Waals surface area contributed by atoms with Crippen LogP contribution in [0.4, 0.5) is 0 Å². The van der Waals surface area contributed by atoms with Gasteiger partial charge in [0, 0.05) is 0 Å². The van der Waals surface area contributed by atoms with Crippen LogP contribution in [-0.2, 0) is 0 Å². The van der Waals surface area contributed by atoms with Crippen molar-refractivity contribution in [1.82, 2.24) is 0 Å². The van der Waals surface area contributed by atoms with E-state index < -0.39 is 0 Å². The van der Waals surface area contributed by atoms with Crippen LogP contribution in [0.1, 0.15) is 155 Å². The Hall–Kier alpha value is 0. The highest BCUT2D eigenvalue weighted by molar-refractivity contribution is 4.56. The molecule has 0 heterocycles. The van der Waals surface area contributed by atoms with E-state index in [1.54, 1.807) is 0 Å². The second kappa shape index (κ2) is 24.0. The first-order chi connectivity index (χ1) is 13.3. The van der Waals surface area contributed by atoms with Crippen LogP contribution in [-0.4, -0.2) is 0 Å². The van der Waals surface area contributed by atoms with E-state index in [1.165, 1.54) is 135 Å². The second-order valence-corrected chi connectivity index (χ2v) is 9.11. The molecule has 0 fully saturated rings. The number of unbranched alkanes of at least 4 members (excludes halogenated alkanes) is 19. The molecule has 0 aromatic rings. The molecule has 0 aromatic heterocycles. The first-order valence-corrected chi connectivity index (χ1v) is 12.9. The molecule has 0 rings (SSSR count). The lowest BCUT2D eigenvalue weighted by Gasteiger charge is -2.11. The van der Waals surface area contributed by atoms with Gasteiger partial charge in [-0.25, -0.2) is 0 Å². The monoisotopic (exact) mass is 378 g/mol. The van der Waals surface area contributed by atoms with Crippen LogP contribution in [0.15, 0.2) is 0 Å². The van der Waals surface area contributed by atoms with Gasteiger partial charge in [-0.3, -0.25) is 0 Å². The van der Waals surface area contributed by atoms with Crippen molar-refractivity contribution >= 4 is 0 Å². The lowest BCUT2D eigenvalue weighted by molar-refractivity contribution is 0.432. The Morgan fingerprint density at radius 1 is 0.370 bits per heavy atom. The van der Waals surface area contributed by atoms with E-state index >= 15 is 0 Å². The molecule has 0 heteroatoms. The highest BCUT2D eigenvalue weighted by Crippen LogP contribution is 2.19. The maximum Gasteiger partial charge on any atom is -0.0443 e. The van der Waals surface area contributed by atoms with Crippen LogP contribution in [0.25, 0.3) is 0 Å². The Balaban J connectivity index is 3.08. The molecular weight excluding hydrogens is 324 g/mol. The van der Waals surface area contributed by atoms with Gasteiger partial charge in [0.1, 0.15) is 0 Å². The Morgan fingerprint density at radius 2 is 0.593 bits per heavy atom. The van der Waals surface area contributed by atoms with Gasteiger partial charge in [-0.1, -0.05) is 168 Å². The Bertz CT molecular complexity index is 244. The van der Waals surface area contributed by atoms with Crippen molar-refractivity contribution in [3.8, 4) is 0 Å². The van der Waals surface area contributed by atoms with E-state index in [0.29, 0.717) is 0 Å². The van der Waals surface area contributed by atoms with Crippen molar-refractivity contribution in [2.75, 3.05) is 0 Å². The number of rotatable bonds is 23. The zero-order valence-corrected chi connectivity index (χ0v) is 19.3. The number of hydrogen-bond donors (Lipinski definition) is 0. The van der Waals surface area contributed by atoms with Gasteiger partial charge in [-0.15, -0.1) is 0 Å². The summed E-state index contributed by atoms with van der Waals surface area (Å²) >= 11 is 0. The molecule has 0 aromatic carbocycles. The first kappa shape index (κ1) is 27.0. The van der Waals surface area contributed by atoms with Crippen LogP contribution in [0.2, 0.25) is 0 Å². The van der Waals surface area contributed by atoms with E-state index in [0.717, 1.165) is 18.8 Å². The lowest BCUT2D eigenvalue weighted by atomic mass is 9.96. The quantitative estimate of drug-likeness (QED) is 0.155. The minimum absolute atomic E-state index is 0.952. The summed E-state index contributed by atoms with van der Waals surface area (Å²) in [4.78, 5) is 0. The fourth-order valence-electron chi connectivity index (χ4n) is 4.14. The topological polar surface area (TPSA) is 0 Å². The molecule has 1 atom stereocenters. The maximum absolute atomic E-state index is 3.92. The SMILES string of the molecule is [CH2]CCCCCCCCCCCCCCCCCC(C)CCCCCC[CH2]. The number of hydrogen-bond acceptors (Lipinski definition) is 0. The van der Waals surface area contributed by atoms with E-state index in [4.69, 9.17) is 0 Å². The van der Waals surface area contributed by atoms with Gasteiger partial charge in [-0.05, 0) is 5.92 Å². The second-order valence-electron chi connectivity index (χ2n) is 9.11. The summed E-state index contributed by atoms with van der Waals surface area (Å²) in [5, 5.41) is 0. The van der Waals surface area contributed by atoms with Crippen molar-refractivity contribution in [2.45, 2.75) is 155 Å². The molecule has 162 valence electrons.